The monoisotopic (exact) mass is 1340 g/mol. The van der Waals surface area contributed by atoms with Gasteiger partial charge >= 0.3 is 11.4 Å². The molecule has 0 spiro atoms. The van der Waals surface area contributed by atoms with Crippen molar-refractivity contribution >= 4 is 66.5 Å². The van der Waals surface area contributed by atoms with Crippen LogP contribution < -0.4 is 37.6 Å². The average Bonchev–Trinajstić information content (AvgIpc) is 1.30. The van der Waals surface area contributed by atoms with Crippen LogP contribution in [0.25, 0.3) is 43.7 Å². The number of nitro benzene ring substituents is 2. The quantitative estimate of drug-likeness (QED) is 0.0382. The van der Waals surface area contributed by atoms with Crippen molar-refractivity contribution in [1.82, 2.24) is 38.6 Å². The normalized spacial score (nSPS) is 11.0. The van der Waals surface area contributed by atoms with Crippen molar-refractivity contribution in [2.45, 2.75) is 26.6 Å². The molecule has 0 amide bonds. The Morgan fingerprint density at radius 3 is 1.26 bits per heavy atom. The summed E-state index contributed by atoms with van der Waals surface area (Å²) in [6, 6.07) is 29.1. The van der Waals surface area contributed by atoms with Crippen molar-refractivity contribution in [3.63, 3.8) is 0 Å². The SMILES string of the molecule is Cc1nc2ccc(Oc3ccc4c(c3)c(=O)ncn4Cc3c(F)cc(F)cc3F)cc2[nH]1.Nc1ccc(Oc2ccc3c(c2)c(=O)ncn3Cc2c(F)cc(F)cc2F)cc1N.O=[N+]([O-])c1ccc(F)cc1[N+](=O)[O-].O=c1ncn(Cc2c(F)cc(F)cc2F)c2ccc(O)cc12. The molecule has 9 aromatic carbocycles. The number of H-pyrrole nitrogens is 1. The molecule has 0 saturated carbocycles. The van der Waals surface area contributed by atoms with Crippen LogP contribution in [0.3, 0.4) is 0 Å². The van der Waals surface area contributed by atoms with Gasteiger partial charge in [0.2, 0.25) is 0 Å². The molecule has 4 heterocycles. The highest BCUT2D eigenvalue weighted by Gasteiger charge is 2.24. The summed E-state index contributed by atoms with van der Waals surface area (Å²) >= 11 is 0. The zero-order valence-corrected chi connectivity index (χ0v) is 49.3. The van der Waals surface area contributed by atoms with Gasteiger partial charge in [0, 0.05) is 71.3 Å². The van der Waals surface area contributed by atoms with Crippen LogP contribution in [0.1, 0.15) is 22.5 Å². The Morgan fingerprint density at radius 2 is 0.835 bits per heavy atom. The largest absolute Gasteiger partial charge is 0.508 e. The van der Waals surface area contributed by atoms with E-state index in [2.05, 4.69) is 24.9 Å². The highest BCUT2D eigenvalue weighted by Crippen LogP contribution is 2.32. The maximum Gasteiger partial charge on any atom is 0.348 e. The molecule has 0 aliphatic heterocycles. The number of benzene rings is 9. The molecule has 0 bridgehead atoms. The zero-order chi connectivity index (χ0) is 69.7. The first-order chi connectivity index (χ1) is 46.2. The Labute approximate surface area is 535 Å². The molecule has 97 heavy (non-hydrogen) atoms. The minimum atomic E-state index is -1.03. The van der Waals surface area contributed by atoms with Crippen LogP contribution in [0, 0.1) is 85.3 Å². The van der Waals surface area contributed by atoms with Crippen LogP contribution in [0.4, 0.5) is 66.7 Å². The predicted octanol–water partition coefficient (Wildman–Crippen LogP) is 12.9. The summed E-state index contributed by atoms with van der Waals surface area (Å²) < 4.78 is 151. The first-order valence-corrected chi connectivity index (χ1v) is 27.8. The maximum atomic E-state index is 14.1. The summed E-state index contributed by atoms with van der Waals surface area (Å²) in [7, 11) is 0. The first kappa shape index (κ1) is 66.9. The van der Waals surface area contributed by atoms with E-state index < -0.39 is 96.1 Å². The third-order valence-corrected chi connectivity index (χ3v) is 14.2. The van der Waals surface area contributed by atoms with E-state index in [0.29, 0.717) is 93.4 Å². The summed E-state index contributed by atoms with van der Waals surface area (Å²) in [6.45, 7) is 1.03. The van der Waals surface area contributed by atoms with E-state index in [1.807, 2.05) is 13.0 Å². The van der Waals surface area contributed by atoms with Crippen molar-refractivity contribution in [2.24, 2.45) is 0 Å². The van der Waals surface area contributed by atoms with Gasteiger partial charge in [0.1, 0.15) is 92.7 Å². The van der Waals surface area contributed by atoms with Gasteiger partial charge in [-0.2, -0.15) is 15.0 Å². The fraction of sp³-hybridized carbons (Fsp3) is 0.0615. The lowest BCUT2D eigenvalue weighted by Gasteiger charge is -2.13. The second-order valence-electron chi connectivity index (χ2n) is 20.8. The highest BCUT2D eigenvalue weighted by molar-refractivity contribution is 5.82. The van der Waals surface area contributed by atoms with Crippen LogP contribution >= 0.6 is 0 Å². The third-order valence-electron chi connectivity index (χ3n) is 14.2. The van der Waals surface area contributed by atoms with Gasteiger partial charge in [-0.3, -0.25) is 34.6 Å². The van der Waals surface area contributed by atoms with E-state index in [4.69, 9.17) is 20.9 Å². The Bertz CT molecular complexity index is 5410. The summed E-state index contributed by atoms with van der Waals surface area (Å²) in [4.78, 5) is 73.4. The van der Waals surface area contributed by atoms with Crippen LogP contribution in [0.15, 0.2) is 179 Å². The highest BCUT2D eigenvalue weighted by atomic mass is 19.2. The number of nitrogens with two attached hydrogens (primary N) is 2. The van der Waals surface area contributed by atoms with Crippen molar-refractivity contribution in [1.29, 1.82) is 0 Å². The topological polar surface area (TPSA) is 310 Å². The number of hydrogen-bond donors (Lipinski definition) is 4. The molecule has 22 nitrogen and oxygen atoms in total. The molecule has 13 aromatic rings. The molecule has 0 unspecified atom stereocenters. The van der Waals surface area contributed by atoms with Gasteiger partial charge in [-0.25, -0.2) is 48.9 Å². The Morgan fingerprint density at radius 1 is 0.454 bits per heavy atom. The minimum absolute atomic E-state index is 0.116. The molecular formula is C65H42F10N12O10. The lowest BCUT2D eigenvalue weighted by molar-refractivity contribution is -0.422. The number of rotatable bonds is 12. The Hall–Kier alpha value is -13.0. The number of aromatic amines is 1. The van der Waals surface area contributed by atoms with Crippen molar-refractivity contribution in [3.8, 4) is 28.7 Å². The smallest absolute Gasteiger partial charge is 0.348 e. The molecule has 0 saturated heterocycles. The Balaban J connectivity index is 0.000000147. The molecule has 492 valence electrons. The number of ether oxygens (including phenoxy) is 2. The molecule has 4 aromatic heterocycles. The van der Waals surface area contributed by atoms with Gasteiger partial charge in [-0.15, -0.1) is 0 Å². The fourth-order valence-corrected chi connectivity index (χ4v) is 9.63. The number of aromatic nitrogens is 8. The number of halogens is 10. The summed E-state index contributed by atoms with van der Waals surface area (Å²) in [5.74, 6) is -7.69. The average molecular weight is 1340 g/mol. The van der Waals surface area contributed by atoms with Crippen molar-refractivity contribution in [2.75, 3.05) is 11.5 Å². The number of nitrogens with zero attached hydrogens (tertiary/aromatic N) is 9. The second-order valence-corrected chi connectivity index (χ2v) is 20.8. The number of anilines is 2. The van der Waals surface area contributed by atoms with Gasteiger partial charge < -0.3 is 44.7 Å². The molecular weight excluding hydrogens is 1300 g/mol. The minimum Gasteiger partial charge on any atom is -0.508 e. The van der Waals surface area contributed by atoms with Gasteiger partial charge in [-0.05, 0) is 91.9 Å². The molecule has 0 radical (unpaired) electrons. The number of imidazole rings is 1. The van der Waals surface area contributed by atoms with Crippen LogP contribution in [0.5, 0.6) is 28.7 Å². The number of aromatic hydroxyl groups is 1. The van der Waals surface area contributed by atoms with Gasteiger partial charge in [0.25, 0.3) is 16.7 Å². The van der Waals surface area contributed by atoms with Crippen molar-refractivity contribution < 1.29 is 68.3 Å². The van der Waals surface area contributed by atoms with E-state index in [9.17, 15) is 83.6 Å². The van der Waals surface area contributed by atoms with Gasteiger partial charge in [0.05, 0.1) is 110 Å². The molecule has 32 heteroatoms. The summed E-state index contributed by atoms with van der Waals surface area (Å²) in [5, 5.41) is 30.4. The molecule has 6 N–H and O–H groups in total. The van der Waals surface area contributed by atoms with Gasteiger partial charge in [0.15, 0.2) is 0 Å². The van der Waals surface area contributed by atoms with E-state index in [-0.39, 0.29) is 58.2 Å². The van der Waals surface area contributed by atoms with Crippen molar-refractivity contribution in [3.05, 3.63) is 297 Å². The summed E-state index contributed by atoms with van der Waals surface area (Å²) in [5.41, 5.74) is 10.7. The number of hydrogen-bond acceptors (Lipinski definition) is 16. The number of nitro groups is 2. The van der Waals surface area contributed by atoms with E-state index in [1.165, 1.54) is 56.7 Å². The van der Waals surface area contributed by atoms with Crippen LogP contribution in [-0.4, -0.2) is 53.6 Å². The number of phenols is 1. The van der Waals surface area contributed by atoms with Gasteiger partial charge in [-0.1, -0.05) is 0 Å². The lowest BCUT2D eigenvalue weighted by atomic mass is 10.1. The summed E-state index contributed by atoms with van der Waals surface area (Å²) in [6.07, 6.45) is 3.51. The zero-order valence-electron chi connectivity index (χ0n) is 49.3. The molecule has 13 rings (SSSR count). The molecule has 0 aliphatic rings. The molecule has 0 fully saturated rings. The van der Waals surface area contributed by atoms with Crippen LogP contribution in [0.2, 0.25) is 0 Å². The van der Waals surface area contributed by atoms with E-state index in [0.717, 1.165) is 35.3 Å². The third kappa shape index (κ3) is 15.4. The number of phenolic OH excluding ortho intramolecular Hbond substituents is 1. The van der Waals surface area contributed by atoms with E-state index in [1.54, 1.807) is 54.6 Å². The standard InChI is InChI=1S/C23H15F3N4O2.C21H15F3N4O2.C15H9F3N2O2.C6H3FN2O4/c1-12-28-20-4-2-15(9-21(20)29-12)32-14-3-5-22-16(8-14)23(31)27-11-30(22)10-17-18(25)6-13(24)7-19(17)26;22-11-5-16(23)15(17(24)6-11)9-28-10-27-21(29)14-7-12(2-4-20(14)28)30-13-1-3-18(25)19(26)8-13;16-8-3-12(17)11(13(18)4-8)6-20-7-19-15(22)10-5-9(21)1-2-14(10)20;7-4-1-2-5(8(10)11)6(3-4)9(12)13/h2-9,11H,10H2,1H3,(H,28,29);1-8,10H,9,25-26H2;1-5,7,21H,6H2;1-3H. The first-order valence-electron chi connectivity index (χ1n) is 27.8. The maximum absolute atomic E-state index is 14.1. The number of aryl methyl sites for hydroxylation is 1. The second kappa shape index (κ2) is 28.1. The van der Waals surface area contributed by atoms with E-state index >= 15 is 0 Å². The predicted molar refractivity (Wildman–Crippen MR) is 332 cm³/mol. The molecule has 0 atom stereocenters. The Kier molecular flexibility index (Phi) is 19.3. The number of fused-ring (bicyclic) bond motifs is 4. The number of nitrogen functional groups attached to an aromatic ring is 2. The fourth-order valence-electron chi connectivity index (χ4n) is 9.63. The molecule has 0 aliphatic carbocycles. The van der Waals surface area contributed by atoms with Crippen LogP contribution in [-0.2, 0) is 19.6 Å². The number of nitrogens with one attached hydrogen (secondary N) is 1. The lowest BCUT2D eigenvalue weighted by Crippen LogP contribution is -2.14.